The molecule has 2 aliphatic heterocycles. The predicted octanol–water partition coefficient (Wildman–Crippen LogP) is 7.30. The summed E-state index contributed by atoms with van der Waals surface area (Å²) in [6.07, 6.45) is 4.44. The average molecular weight is 697 g/mol. The number of aromatic amines is 2. The molecule has 4 heterocycles. The Morgan fingerprint density at radius 1 is 0.863 bits per heavy atom. The van der Waals surface area contributed by atoms with Crippen molar-refractivity contribution < 1.29 is 28.6 Å². The zero-order chi connectivity index (χ0) is 36.6. The second-order valence-corrected chi connectivity index (χ2v) is 15.1. The van der Waals surface area contributed by atoms with E-state index in [9.17, 15) is 14.4 Å². The molecule has 2 atom stereocenters. The van der Waals surface area contributed by atoms with Crippen molar-refractivity contribution in [2.75, 3.05) is 19.7 Å². The van der Waals surface area contributed by atoms with E-state index in [1.165, 1.54) is 0 Å². The van der Waals surface area contributed by atoms with Crippen molar-refractivity contribution in [3.63, 3.8) is 0 Å². The van der Waals surface area contributed by atoms with Gasteiger partial charge in [0.2, 0.25) is 0 Å². The molecule has 2 aromatic heterocycles. The van der Waals surface area contributed by atoms with Crippen LogP contribution in [0.2, 0.25) is 0 Å². The largest absolute Gasteiger partial charge is 0.461 e. The number of ether oxygens (including phenoxy) is 3. The highest BCUT2D eigenvalue weighted by Crippen LogP contribution is 2.36. The molecule has 1 amide bonds. The lowest BCUT2D eigenvalue weighted by atomic mass is 9.96. The van der Waals surface area contributed by atoms with Gasteiger partial charge in [-0.3, -0.25) is 10.2 Å². The Kier molecular flexibility index (Phi) is 9.82. The zero-order valence-corrected chi connectivity index (χ0v) is 30.5. The molecule has 12 nitrogen and oxygen atoms in total. The fourth-order valence-electron chi connectivity index (χ4n) is 6.62. The van der Waals surface area contributed by atoms with Gasteiger partial charge in [-0.2, -0.15) is 0 Å². The van der Waals surface area contributed by atoms with Crippen molar-refractivity contribution in [3.8, 4) is 33.6 Å². The molecule has 0 unspecified atom stereocenters. The average Bonchev–Trinajstić information content (AvgIpc) is 3.89. The third-order valence-electron chi connectivity index (χ3n) is 8.97. The maximum atomic E-state index is 13.5. The molecule has 3 N–H and O–H groups in total. The smallest absolute Gasteiger partial charge is 0.410 e. The number of hydrogen-bond donors (Lipinski definition) is 3. The fraction of sp³-hybridized carbons (Fsp3) is 0.462. The minimum Gasteiger partial charge on any atom is -0.461 e. The first-order valence-electron chi connectivity index (χ1n) is 17.7. The molecule has 2 fully saturated rings. The number of aromatic nitrogens is 4. The highest BCUT2D eigenvalue weighted by atomic mass is 16.6. The molecule has 4 aromatic rings. The van der Waals surface area contributed by atoms with Crippen LogP contribution in [0, 0.1) is 0 Å². The van der Waals surface area contributed by atoms with E-state index in [0.29, 0.717) is 36.6 Å². The van der Waals surface area contributed by atoms with Crippen LogP contribution in [0.25, 0.3) is 33.6 Å². The summed E-state index contributed by atoms with van der Waals surface area (Å²) in [6.45, 7) is 14.3. The van der Waals surface area contributed by atoms with Gasteiger partial charge in [0.15, 0.2) is 11.2 Å². The lowest BCUT2D eigenvalue weighted by Gasteiger charge is -2.29. The molecule has 51 heavy (non-hydrogen) atoms. The number of nitrogens with one attached hydrogen (secondary N) is 3. The monoisotopic (exact) mass is 696 g/mol. The highest BCUT2D eigenvalue weighted by Gasteiger charge is 2.49. The predicted molar refractivity (Wildman–Crippen MR) is 193 cm³/mol. The molecule has 0 aliphatic carbocycles. The van der Waals surface area contributed by atoms with Gasteiger partial charge in [-0.25, -0.2) is 24.4 Å². The number of esters is 2. The maximum Gasteiger partial charge on any atom is 0.410 e. The van der Waals surface area contributed by atoms with E-state index in [-0.39, 0.29) is 24.4 Å². The van der Waals surface area contributed by atoms with E-state index in [2.05, 4.69) is 20.3 Å². The van der Waals surface area contributed by atoms with Crippen molar-refractivity contribution in [3.05, 3.63) is 72.1 Å². The van der Waals surface area contributed by atoms with Crippen LogP contribution in [0.3, 0.4) is 0 Å². The van der Waals surface area contributed by atoms with E-state index in [0.717, 1.165) is 47.5 Å². The Bertz CT molecular complexity index is 1870. The van der Waals surface area contributed by atoms with Crippen LogP contribution in [-0.4, -0.2) is 73.8 Å². The molecular weight excluding hydrogens is 648 g/mol. The Morgan fingerprint density at radius 2 is 1.49 bits per heavy atom. The quantitative estimate of drug-likeness (QED) is 0.127. The lowest BCUT2D eigenvalue weighted by molar-refractivity contribution is -0.163. The summed E-state index contributed by atoms with van der Waals surface area (Å²) in [4.78, 5) is 57.2. The third kappa shape index (κ3) is 7.70. The van der Waals surface area contributed by atoms with Crippen LogP contribution in [-0.2, 0) is 24.5 Å². The number of nitrogens with zero attached hydrogens (tertiary/aromatic N) is 3. The molecule has 0 radical (unpaired) electrons. The number of benzene rings is 2. The van der Waals surface area contributed by atoms with Gasteiger partial charge in [-0.15, -0.1) is 0 Å². The second kappa shape index (κ2) is 14.0. The summed E-state index contributed by atoms with van der Waals surface area (Å²) >= 11 is 0. The number of carbonyl (C=O) groups excluding carboxylic acids is 3. The first-order chi connectivity index (χ1) is 24.2. The summed E-state index contributed by atoms with van der Waals surface area (Å²) in [5.74, 6) is 0.0993. The number of hydrogen-bond acceptors (Lipinski definition) is 9. The minimum atomic E-state index is -1.20. The standard InChI is InChI=1S/C39H48N6O6/c1-8-49-33(46)31-30(43-34(44-31)39(20-10-21-41-39)35(47)50-37(2,3)4)27-18-14-25(15-19-27)24-12-16-26(17-13-24)28-23-40-32(42-28)29-11-9-22-45(29)36(48)51-38(5,6)7/h12-19,23,29,41H,8-11,20-22H2,1-7H3,(H,40,42)(H,43,44)/t29-,39-/m0/s1. The number of amides is 1. The molecule has 0 spiro atoms. The SMILES string of the molecule is CCOC(=O)c1[nH]c([C@]2(C(=O)OC(C)(C)C)CCCN2)nc1-c1ccc(-c2ccc(-c3cnc([C@@H]4CCCN4C(=O)OC(C)(C)C)[nH]3)cc2)cc1. The summed E-state index contributed by atoms with van der Waals surface area (Å²) in [6, 6.07) is 15.8. The number of imidazole rings is 2. The number of rotatable bonds is 8. The molecule has 2 saturated heterocycles. The molecule has 270 valence electrons. The van der Waals surface area contributed by atoms with Gasteiger partial charge in [0.25, 0.3) is 0 Å². The molecule has 2 aliphatic rings. The normalized spacial score (nSPS) is 19.3. The van der Waals surface area contributed by atoms with Crippen molar-refractivity contribution in [1.82, 2.24) is 30.2 Å². The van der Waals surface area contributed by atoms with Crippen molar-refractivity contribution in [2.24, 2.45) is 0 Å². The molecule has 0 bridgehead atoms. The van der Waals surface area contributed by atoms with Crippen LogP contribution in [0.5, 0.6) is 0 Å². The van der Waals surface area contributed by atoms with Gasteiger partial charge >= 0.3 is 18.0 Å². The van der Waals surface area contributed by atoms with E-state index < -0.39 is 28.7 Å². The van der Waals surface area contributed by atoms with E-state index >= 15 is 0 Å². The van der Waals surface area contributed by atoms with Crippen LogP contribution in [0.4, 0.5) is 4.79 Å². The van der Waals surface area contributed by atoms with Crippen molar-refractivity contribution in [1.29, 1.82) is 0 Å². The fourth-order valence-corrected chi connectivity index (χ4v) is 6.62. The first kappa shape index (κ1) is 35.8. The van der Waals surface area contributed by atoms with Gasteiger partial charge in [-0.05, 0) is 97.4 Å². The van der Waals surface area contributed by atoms with E-state index in [1.54, 1.807) is 18.0 Å². The molecule has 6 rings (SSSR count). The number of likely N-dealkylation sites (tertiary alicyclic amines) is 1. The van der Waals surface area contributed by atoms with Crippen molar-refractivity contribution >= 4 is 18.0 Å². The highest BCUT2D eigenvalue weighted by molar-refractivity contribution is 5.95. The number of H-pyrrole nitrogens is 2. The van der Waals surface area contributed by atoms with Crippen LogP contribution < -0.4 is 5.32 Å². The van der Waals surface area contributed by atoms with Crippen molar-refractivity contribution in [2.45, 2.75) is 96.9 Å². The topological polar surface area (TPSA) is 152 Å². The Hall–Kier alpha value is -4.97. The van der Waals surface area contributed by atoms with Crippen LogP contribution in [0.1, 0.15) is 102 Å². The third-order valence-corrected chi connectivity index (χ3v) is 8.97. The molecule has 0 saturated carbocycles. The first-order valence-corrected chi connectivity index (χ1v) is 17.7. The Morgan fingerprint density at radius 3 is 2.08 bits per heavy atom. The molecule has 2 aromatic carbocycles. The Labute approximate surface area is 298 Å². The van der Waals surface area contributed by atoms with E-state index in [1.807, 2.05) is 90.1 Å². The maximum absolute atomic E-state index is 13.5. The summed E-state index contributed by atoms with van der Waals surface area (Å²) in [7, 11) is 0. The minimum absolute atomic E-state index is 0.154. The van der Waals surface area contributed by atoms with Gasteiger partial charge in [0.1, 0.15) is 28.5 Å². The van der Waals surface area contributed by atoms with Crippen LogP contribution >= 0.6 is 0 Å². The summed E-state index contributed by atoms with van der Waals surface area (Å²) in [5.41, 5.74) is 2.67. The van der Waals surface area contributed by atoms with Gasteiger partial charge in [0.05, 0.1) is 24.5 Å². The molecular formula is C39H48N6O6. The second-order valence-electron chi connectivity index (χ2n) is 15.1. The van der Waals surface area contributed by atoms with Gasteiger partial charge in [-0.1, -0.05) is 48.5 Å². The van der Waals surface area contributed by atoms with Crippen LogP contribution in [0.15, 0.2) is 54.7 Å². The van der Waals surface area contributed by atoms with Gasteiger partial charge in [0, 0.05) is 12.1 Å². The lowest BCUT2D eigenvalue weighted by Crippen LogP contribution is -2.49. The van der Waals surface area contributed by atoms with Gasteiger partial charge < -0.3 is 24.2 Å². The number of carbonyl (C=O) groups is 3. The molecule has 12 heteroatoms. The Balaban J connectivity index is 1.22. The summed E-state index contributed by atoms with van der Waals surface area (Å²) in [5, 5.41) is 3.30. The van der Waals surface area contributed by atoms with E-state index in [4.69, 9.17) is 19.2 Å². The zero-order valence-electron chi connectivity index (χ0n) is 30.5. The summed E-state index contributed by atoms with van der Waals surface area (Å²) < 4.78 is 16.8.